The average Bonchev–Trinajstić information content (AvgIpc) is 2.52. The third-order valence-corrected chi connectivity index (χ3v) is 3.52. The summed E-state index contributed by atoms with van der Waals surface area (Å²) < 4.78 is 8.28. The lowest BCUT2D eigenvalue weighted by atomic mass is 10.1. The second kappa shape index (κ2) is 5.80. The molecule has 0 aliphatic heterocycles. The summed E-state index contributed by atoms with van der Waals surface area (Å²) in [4.78, 5) is 0. The standard InChI is InChI=1S/C19H18NO/c1-3-13-20(14-4-2)19-15-9-5-7-11-17(15)21-18-12-8-6-10-16(18)19/h3-12H,1-2,13-14H2/q+1. The Balaban J connectivity index is 2.58. The van der Waals surface area contributed by atoms with Crippen molar-refractivity contribution in [3.05, 3.63) is 79.2 Å². The Morgan fingerprint density at radius 3 is 1.76 bits per heavy atom. The molecule has 2 nitrogen and oxygen atoms in total. The molecule has 2 aromatic carbocycles. The van der Waals surface area contributed by atoms with Crippen LogP contribution in [0.4, 0.5) is 0 Å². The molecule has 0 N–H and O–H groups in total. The molecule has 3 aromatic rings. The van der Waals surface area contributed by atoms with Crippen LogP contribution in [0.2, 0.25) is 0 Å². The number of hydrogen-bond acceptors (Lipinski definition) is 1. The van der Waals surface area contributed by atoms with Crippen LogP contribution in [-0.4, -0.2) is 13.1 Å². The Morgan fingerprint density at radius 1 is 0.810 bits per heavy atom. The largest absolute Gasteiger partial charge is 0.456 e. The van der Waals surface area contributed by atoms with Crippen LogP contribution in [0, 0.1) is 0 Å². The van der Waals surface area contributed by atoms with E-state index in [4.69, 9.17) is 4.42 Å². The summed E-state index contributed by atoms with van der Waals surface area (Å²) in [6.07, 6.45) is 3.83. The van der Waals surface area contributed by atoms with Gasteiger partial charge in [0.2, 0.25) is 5.36 Å². The maximum Gasteiger partial charge on any atom is 0.222 e. The molecule has 2 heteroatoms. The zero-order valence-electron chi connectivity index (χ0n) is 12.0. The van der Waals surface area contributed by atoms with Crippen molar-refractivity contribution in [1.82, 2.24) is 4.58 Å². The SMILES string of the molecule is C=CC[N+](CC=C)=c1c2ccccc2oc2ccccc12. The van der Waals surface area contributed by atoms with E-state index in [1.165, 1.54) is 5.36 Å². The smallest absolute Gasteiger partial charge is 0.222 e. The van der Waals surface area contributed by atoms with E-state index in [0.29, 0.717) is 0 Å². The van der Waals surface area contributed by atoms with E-state index < -0.39 is 0 Å². The van der Waals surface area contributed by atoms with Gasteiger partial charge >= 0.3 is 0 Å². The summed E-state index contributed by atoms with van der Waals surface area (Å²) in [6.45, 7) is 9.27. The van der Waals surface area contributed by atoms with Gasteiger partial charge in [-0.1, -0.05) is 37.4 Å². The Hall–Kier alpha value is -2.61. The third kappa shape index (κ3) is 2.40. The van der Waals surface area contributed by atoms with Gasteiger partial charge in [0.1, 0.15) is 11.2 Å². The molecule has 0 radical (unpaired) electrons. The van der Waals surface area contributed by atoms with Crippen LogP contribution in [-0.2, 0) is 0 Å². The molecule has 0 unspecified atom stereocenters. The van der Waals surface area contributed by atoms with Crippen molar-refractivity contribution in [2.75, 3.05) is 13.1 Å². The maximum atomic E-state index is 6.01. The third-order valence-electron chi connectivity index (χ3n) is 3.52. The highest BCUT2D eigenvalue weighted by Gasteiger charge is 2.12. The fraction of sp³-hybridized carbons (Fsp3) is 0.105. The Kier molecular flexibility index (Phi) is 3.69. The predicted octanol–water partition coefficient (Wildman–Crippen LogP) is 3.73. The van der Waals surface area contributed by atoms with E-state index in [0.717, 1.165) is 35.0 Å². The van der Waals surface area contributed by atoms with E-state index in [1.54, 1.807) is 0 Å². The summed E-state index contributed by atoms with van der Waals surface area (Å²) >= 11 is 0. The number of benzene rings is 2. The minimum absolute atomic E-state index is 0.768. The van der Waals surface area contributed by atoms with Crippen molar-refractivity contribution in [2.24, 2.45) is 0 Å². The van der Waals surface area contributed by atoms with Gasteiger partial charge in [0.05, 0.1) is 10.8 Å². The topological polar surface area (TPSA) is 16.1 Å². The molecule has 0 aliphatic carbocycles. The second-order valence-electron chi connectivity index (χ2n) is 4.93. The zero-order valence-corrected chi connectivity index (χ0v) is 12.0. The minimum atomic E-state index is 0.768. The first kappa shape index (κ1) is 13.4. The van der Waals surface area contributed by atoms with Crippen LogP contribution in [0.1, 0.15) is 0 Å². The fourth-order valence-electron chi connectivity index (χ4n) is 2.68. The molecule has 0 bridgehead atoms. The van der Waals surface area contributed by atoms with Gasteiger partial charge < -0.3 is 4.42 Å². The number of para-hydroxylation sites is 2. The molecule has 0 saturated heterocycles. The lowest BCUT2D eigenvalue weighted by Gasteiger charge is -2.05. The van der Waals surface area contributed by atoms with E-state index in [2.05, 4.69) is 29.9 Å². The van der Waals surface area contributed by atoms with Crippen LogP contribution < -0.4 is 9.93 Å². The van der Waals surface area contributed by atoms with Crippen LogP contribution in [0.3, 0.4) is 0 Å². The second-order valence-corrected chi connectivity index (χ2v) is 4.93. The Labute approximate surface area is 124 Å². The highest BCUT2D eigenvalue weighted by molar-refractivity contribution is 5.89. The molecule has 0 amide bonds. The quantitative estimate of drug-likeness (QED) is 0.403. The first-order valence-electron chi connectivity index (χ1n) is 7.05. The summed E-state index contributed by atoms with van der Waals surface area (Å²) in [5.41, 5.74) is 1.79. The van der Waals surface area contributed by atoms with Crippen molar-refractivity contribution in [1.29, 1.82) is 0 Å². The van der Waals surface area contributed by atoms with Crippen molar-refractivity contribution in [3.8, 4) is 0 Å². The highest BCUT2D eigenvalue weighted by atomic mass is 16.3. The molecule has 0 aliphatic rings. The van der Waals surface area contributed by atoms with Gasteiger partial charge in [-0.15, -0.1) is 0 Å². The molecule has 21 heavy (non-hydrogen) atoms. The monoisotopic (exact) mass is 276 g/mol. The average molecular weight is 276 g/mol. The van der Waals surface area contributed by atoms with Gasteiger partial charge in [0.15, 0.2) is 13.1 Å². The van der Waals surface area contributed by atoms with Gasteiger partial charge in [-0.25, -0.2) is 4.58 Å². The Bertz CT molecular complexity index is 818. The Morgan fingerprint density at radius 2 is 1.29 bits per heavy atom. The molecule has 0 saturated carbocycles. The van der Waals surface area contributed by atoms with E-state index in [-0.39, 0.29) is 0 Å². The number of fused-ring (bicyclic) bond motifs is 2. The number of nitrogens with zero attached hydrogens (tertiary/aromatic N) is 1. The van der Waals surface area contributed by atoms with Crippen molar-refractivity contribution in [3.63, 3.8) is 0 Å². The molecular formula is C19H18NO+. The lowest BCUT2D eigenvalue weighted by molar-refractivity contribution is 0.649. The van der Waals surface area contributed by atoms with Crippen LogP contribution in [0.5, 0.6) is 0 Å². The van der Waals surface area contributed by atoms with Crippen molar-refractivity contribution >= 4 is 21.9 Å². The maximum absolute atomic E-state index is 6.01. The predicted molar refractivity (Wildman–Crippen MR) is 89.1 cm³/mol. The zero-order chi connectivity index (χ0) is 14.7. The summed E-state index contributed by atoms with van der Waals surface area (Å²) in [5, 5.41) is 3.40. The summed E-state index contributed by atoms with van der Waals surface area (Å²) in [7, 11) is 0. The van der Waals surface area contributed by atoms with Gasteiger partial charge in [0.25, 0.3) is 0 Å². The minimum Gasteiger partial charge on any atom is -0.456 e. The van der Waals surface area contributed by atoms with Crippen LogP contribution in [0.25, 0.3) is 21.9 Å². The number of rotatable bonds is 4. The first-order chi connectivity index (χ1) is 10.3. The van der Waals surface area contributed by atoms with E-state index in [1.807, 2.05) is 48.6 Å². The van der Waals surface area contributed by atoms with Gasteiger partial charge in [0, 0.05) is 0 Å². The molecule has 104 valence electrons. The first-order valence-corrected chi connectivity index (χ1v) is 7.05. The lowest BCUT2D eigenvalue weighted by Crippen LogP contribution is -2.31. The van der Waals surface area contributed by atoms with Gasteiger partial charge in [-0.3, -0.25) is 0 Å². The van der Waals surface area contributed by atoms with Gasteiger partial charge in [-0.2, -0.15) is 0 Å². The molecule has 1 heterocycles. The number of hydrogen-bond donors (Lipinski definition) is 0. The molecule has 3 rings (SSSR count). The van der Waals surface area contributed by atoms with Gasteiger partial charge in [-0.05, 0) is 36.4 Å². The van der Waals surface area contributed by atoms with E-state index >= 15 is 0 Å². The van der Waals surface area contributed by atoms with Crippen LogP contribution >= 0.6 is 0 Å². The summed E-state index contributed by atoms with van der Waals surface area (Å²) in [6, 6.07) is 16.3. The van der Waals surface area contributed by atoms with Crippen molar-refractivity contribution < 1.29 is 4.42 Å². The van der Waals surface area contributed by atoms with E-state index in [9.17, 15) is 0 Å². The molecule has 0 spiro atoms. The van der Waals surface area contributed by atoms with Crippen molar-refractivity contribution in [2.45, 2.75) is 0 Å². The molecular weight excluding hydrogens is 258 g/mol. The highest BCUT2D eigenvalue weighted by Crippen LogP contribution is 2.17. The normalized spacial score (nSPS) is 10.7. The van der Waals surface area contributed by atoms with Crippen LogP contribution in [0.15, 0.2) is 78.3 Å². The summed E-state index contributed by atoms with van der Waals surface area (Å²) in [5.74, 6) is 0. The molecule has 0 fully saturated rings. The molecule has 0 atom stereocenters. The molecule has 1 aromatic heterocycles. The fourth-order valence-corrected chi connectivity index (χ4v) is 2.68.